The maximum absolute atomic E-state index is 11.4. The molecule has 2 rings (SSSR count). The fourth-order valence-corrected chi connectivity index (χ4v) is 2.03. The van der Waals surface area contributed by atoms with Crippen molar-refractivity contribution >= 4 is 11.8 Å². The number of hydrogen-bond donors (Lipinski definition) is 1. The lowest BCUT2D eigenvalue weighted by atomic mass is 10.0. The Morgan fingerprint density at radius 3 is 3.17 bits per heavy atom. The van der Waals surface area contributed by atoms with Gasteiger partial charge < -0.3 is 14.8 Å². The van der Waals surface area contributed by atoms with Gasteiger partial charge in [0.05, 0.1) is 18.3 Å². The van der Waals surface area contributed by atoms with Crippen molar-refractivity contribution in [2.45, 2.75) is 25.4 Å². The second-order valence-electron chi connectivity index (χ2n) is 4.68. The quantitative estimate of drug-likeness (QED) is 0.826. The van der Waals surface area contributed by atoms with E-state index in [2.05, 4.69) is 22.0 Å². The summed E-state index contributed by atoms with van der Waals surface area (Å²) in [5.74, 6) is 0.304. The molecule has 1 aromatic heterocycles. The van der Waals surface area contributed by atoms with E-state index in [0.717, 1.165) is 19.4 Å². The third kappa shape index (κ3) is 2.98. The average molecular weight is 250 g/mol. The number of nitrogens with zero attached hydrogens (tertiary/aromatic N) is 1. The van der Waals surface area contributed by atoms with E-state index in [4.69, 9.17) is 4.74 Å². The van der Waals surface area contributed by atoms with Crippen molar-refractivity contribution in [1.29, 1.82) is 0 Å². The van der Waals surface area contributed by atoms with Gasteiger partial charge in [0.25, 0.3) is 0 Å². The lowest BCUT2D eigenvalue weighted by Gasteiger charge is -2.23. The van der Waals surface area contributed by atoms with Gasteiger partial charge in [0.2, 0.25) is 0 Å². The fourth-order valence-electron chi connectivity index (χ4n) is 2.03. The van der Waals surface area contributed by atoms with Gasteiger partial charge in [-0.3, -0.25) is 0 Å². The number of carbonyl (C=O) groups excluding carboxylic acids is 1. The molecule has 0 amide bonds. The lowest BCUT2D eigenvalue weighted by molar-refractivity contribution is 0.0315. The molecule has 2 heterocycles. The van der Waals surface area contributed by atoms with Crippen LogP contribution in [0.4, 0.5) is 5.82 Å². The Balaban J connectivity index is 1.99. The van der Waals surface area contributed by atoms with Crippen LogP contribution >= 0.6 is 0 Å². The van der Waals surface area contributed by atoms with Gasteiger partial charge in [-0.1, -0.05) is 0 Å². The summed E-state index contributed by atoms with van der Waals surface area (Å²) in [6, 6.07) is 3.31. The number of ether oxygens (including phenoxy) is 2. The van der Waals surface area contributed by atoms with Gasteiger partial charge in [0.15, 0.2) is 0 Å². The predicted molar refractivity (Wildman–Crippen MR) is 67.7 cm³/mol. The number of aromatic nitrogens is 1. The summed E-state index contributed by atoms with van der Waals surface area (Å²) in [5.41, 5.74) is 0.357. The Hall–Kier alpha value is -1.62. The monoisotopic (exact) mass is 250 g/mol. The maximum Gasteiger partial charge on any atom is 0.338 e. The third-order valence-electron chi connectivity index (χ3n) is 3.12. The molecule has 98 valence electrons. The van der Waals surface area contributed by atoms with Crippen molar-refractivity contribution in [3.8, 4) is 0 Å². The molecule has 5 nitrogen and oxygen atoms in total. The fraction of sp³-hybridized carbons (Fsp3) is 0.538. The number of rotatable bonds is 4. The number of methoxy groups -OCH3 is 1. The van der Waals surface area contributed by atoms with Gasteiger partial charge in [-0.2, -0.15) is 0 Å². The molecule has 0 aromatic carbocycles. The van der Waals surface area contributed by atoms with Gasteiger partial charge in [0, 0.05) is 19.3 Å². The summed E-state index contributed by atoms with van der Waals surface area (Å²) in [5, 5.41) is 3.20. The summed E-state index contributed by atoms with van der Waals surface area (Å²) >= 11 is 0. The Morgan fingerprint density at radius 1 is 1.67 bits per heavy atom. The summed E-state index contributed by atoms with van der Waals surface area (Å²) in [6.07, 6.45) is 3.72. The number of esters is 1. The molecule has 0 aliphatic carbocycles. The first kappa shape index (κ1) is 12.8. The predicted octanol–water partition coefficient (Wildman–Crippen LogP) is 1.85. The molecule has 1 atom stereocenters. The number of anilines is 1. The van der Waals surface area contributed by atoms with Crippen LogP contribution in [-0.2, 0) is 9.47 Å². The molecule has 0 spiro atoms. The molecule has 1 aliphatic heterocycles. The normalized spacial score (nSPS) is 22.8. The Kier molecular flexibility index (Phi) is 3.81. The largest absolute Gasteiger partial charge is 0.465 e. The van der Waals surface area contributed by atoms with Crippen LogP contribution in [0.25, 0.3) is 0 Å². The number of hydrogen-bond acceptors (Lipinski definition) is 5. The van der Waals surface area contributed by atoms with Crippen LogP contribution in [0.1, 0.15) is 30.1 Å². The molecule has 1 N–H and O–H groups in total. The molecule has 1 unspecified atom stereocenters. The molecule has 18 heavy (non-hydrogen) atoms. The zero-order valence-corrected chi connectivity index (χ0v) is 10.7. The maximum atomic E-state index is 11.4. The second kappa shape index (κ2) is 5.35. The minimum absolute atomic E-state index is 0.136. The molecule has 1 fully saturated rings. The van der Waals surface area contributed by atoms with Gasteiger partial charge >= 0.3 is 5.97 Å². The van der Waals surface area contributed by atoms with Crippen LogP contribution < -0.4 is 5.32 Å². The summed E-state index contributed by atoms with van der Waals surface area (Å²) in [7, 11) is 1.36. The van der Waals surface area contributed by atoms with Crippen LogP contribution in [0, 0.1) is 0 Å². The molecule has 5 heteroatoms. The zero-order chi connectivity index (χ0) is 13.0. The standard InChI is InChI=1S/C13H18N2O3/c1-13(5-3-7-18-13)9-15-11-8-10(4-6-14-11)12(16)17-2/h4,6,8H,3,5,7,9H2,1-2H3,(H,14,15). The molecule has 0 saturated carbocycles. The highest BCUT2D eigenvalue weighted by Gasteiger charge is 2.29. The van der Waals surface area contributed by atoms with Gasteiger partial charge in [-0.05, 0) is 31.9 Å². The van der Waals surface area contributed by atoms with E-state index in [1.54, 1.807) is 18.3 Å². The van der Waals surface area contributed by atoms with Crippen LogP contribution in [0.5, 0.6) is 0 Å². The molecular weight excluding hydrogens is 232 g/mol. The number of nitrogens with one attached hydrogen (secondary N) is 1. The minimum atomic E-state index is -0.358. The van der Waals surface area contributed by atoms with Crippen LogP contribution in [0.15, 0.2) is 18.3 Å². The molecule has 0 radical (unpaired) electrons. The van der Waals surface area contributed by atoms with Gasteiger partial charge in [-0.25, -0.2) is 9.78 Å². The Bertz CT molecular complexity index is 428. The smallest absolute Gasteiger partial charge is 0.338 e. The Morgan fingerprint density at radius 2 is 2.50 bits per heavy atom. The summed E-state index contributed by atoms with van der Waals surface area (Å²) in [4.78, 5) is 15.6. The van der Waals surface area contributed by atoms with Crippen LogP contribution in [-0.4, -0.2) is 36.8 Å². The van der Waals surface area contributed by atoms with Crippen molar-refractivity contribution in [3.63, 3.8) is 0 Å². The first-order chi connectivity index (χ1) is 8.63. The number of pyridine rings is 1. The van der Waals surface area contributed by atoms with Crippen molar-refractivity contribution in [2.24, 2.45) is 0 Å². The van der Waals surface area contributed by atoms with Crippen LogP contribution in [0.3, 0.4) is 0 Å². The minimum Gasteiger partial charge on any atom is -0.465 e. The van der Waals surface area contributed by atoms with Crippen molar-refractivity contribution in [3.05, 3.63) is 23.9 Å². The van der Waals surface area contributed by atoms with E-state index in [1.807, 2.05) is 0 Å². The summed E-state index contributed by atoms with van der Waals surface area (Å²) < 4.78 is 10.3. The third-order valence-corrected chi connectivity index (χ3v) is 3.12. The molecule has 0 bridgehead atoms. The van der Waals surface area contributed by atoms with E-state index >= 15 is 0 Å². The van der Waals surface area contributed by atoms with Crippen molar-refractivity contribution in [1.82, 2.24) is 4.98 Å². The lowest BCUT2D eigenvalue weighted by Crippen LogP contribution is -2.32. The SMILES string of the molecule is COC(=O)c1ccnc(NCC2(C)CCCO2)c1. The van der Waals surface area contributed by atoms with E-state index < -0.39 is 0 Å². The van der Waals surface area contributed by atoms with Crippen molar-refractivity contribution in [2.75, 3.05) is 25.6 Å². The first-order valence-electron chi connectivity index (χ1n) is 6.05. The number of carbonyl (C=O) groups is 1. The highest BCUT2D eigenvalue weighted by molar-refractivity contribution is 5.89. The van der Waals surface area contributed by atoms with E-state index in [9.17, 15) is 4.79 Å². The Labute approximate surface area is 107 Å². The highest BCUT2D eigenvalue weighted by atomic mass is 16.5. The van der Waals surface area contributed by atoms with E-state index in [0.29, 0.717) is 17.9 Å². The van der Waals surface area contributed by atoms with Crippen LogP contribution in [0.2, 0.25) is 0 Å². The molecular formula is C13H18N2O3. The first-order valence-corrected chi connectivity index (χ1v) is 6.05. The highest BCUT2D eigenvalue weighted by Crippen LogP contribution is 2.25. The van der Waals surface area contributed by atoms with Crippen molar-refractivity contribution < 1.29 is 14.3 Å². The zero-order valence-electron chi connectivity index (χ0n) is 10.7. The van der Waals surface area contributed by atoms with E-state index in [1.165, 1.54) is 7.11 Å². The molecule has 1 aromatic rings. The molecule has 1 aliphatic rings. The second-order valence-corrected chi connectivity index (χ2v) is 4.68. The van der Waals surface area contributed by atoms with E-state index in [-0.39, 0.29) is 11.6 Å². The topological polar surface area (TPSA) is 60.5 Å². The average Bonchev–Trinajstić information content (AvgIpc) is 2.83. The van der Waals surface area contributed by atoms with Gasteiger partial charge in [0.1, 0.15) is 5.82 Å². The summed E-state index contributed by atoms with van der Waals surface area (Å²) in [6.45, 7) is 3.58. The van der Waals surface area contributed by atoms with Gasteiger partial charge in [-0.15, -0.1) is 0 Å². The molecule has 1 saturated heterocycles.